The lowest BCUT2D eigenvalue weighted by atomic mass is 9.89. The number of fused-ring (bicyclic) bond motifs is 8. The van der Waals surface area contributed by atoms with E-state index in [1.165, 1.54) is 42.9 Å². The van der Waals surface area contributed by atoms with Gasteiger partial charge in [-0.15, -0.1) is 0 Å². The zero-order valence-electron chi connectivity index (χ0n) is 78.3. The number of H-pyrrole nitrogens is 9. The van der Waals surface area contributed by atoms with Crippen LogP contribution in [0.2, 0.25) is 0 Å². The van der Waals surface area contributed by atoms with E-state index >= 15 is 0 Å². The molecule has 0 radical (unpaired) electrons. The predicted octanol–water partition coefficient (Wildman–Crippen LogP) is 2.81. The number of nitrogens with one attached hydrogen (secondary N) is 13. The molecular formula is C88H128N22O21. The lowest BCUT2D eigenvalue weighted by Gasteiger charge is -2.19. The molecule has 8 aliphatic heterocycles. The number of aromatic amines is 9. The van der Waals surface area contributed by atoms with Gasteiger partial charge in [0.1, 0.15) is 11.5 Å². The van der Waals surface area contributed by atoms with E-state index < -0.39 is 5.69 Å². The molecule has 0 bridgehead atoms. The molecule has 17 rings (SSSR count). The van der Waals surface area contributed by atoms with Gasteiger partial charge >= 0.3 is 45.5 Å². The normalized spacial score (nSPS) is 14.8. The number of ether oxygens (including phenoxy) is 4. The highest BCUT2D eigenvalue weighted by Gasteiger charge is 2.28. The van der Waals surface area contributed by atoms with Crippen LogP contribution in [0.3, 0.4) is 0 Å². The van der Waals surface area contributed by atoms with Crippen molar-refractivity contribution in [3.05, 3.63) is 263 Å². The van der Waals surface area contributed by atoms with E-state index in [0.29, 0.717) is 147 Å². The van der Waals surface area contributed by atoms with Gasteiger partial charge in [-0.2, -0.15) is 0 Å². The molecule has 716 valence electrons. The van der Waals surface area contributed by atoms with Gasteiger partial charge in [-0.3, -0.25) is 89.7 Å². The molecule has 0 saturated heterocycles. The first kappa shape index (κ1) is 102. The number of aryl methyl sites for hydroxylation is 2. The van der Waals surface area contributed by atoms with Gasteiger partial charge in [0.2, 0.25) is 11.6 Å². The first-order valence-corrected chi connectivity index (χ1v) is 44.7. The lowest BCUT2D eigenvalue weighted by molar-refractivity contribution is 0.106. The molecule has 0 saturated carbocycles. The van der Waals surface area contributed by atoms with Gasteiger partial charge in [-0.1, -0.05) is 20.8 Å². The van der Waals surface area contributed by atoms with Crippen molar-refractivity contribution in [3.63, 3.8) is 0 Å². The highest BCUT2D eigenvalue weighted by atomic mass is 16.5. The summed E-state index contributed by atoms with van der Waals surface area (Å²) in [4.78, 5) is 228. The second kappa shape index (κ2) is 45.3. The maximum Gasteiger partial charge on any atom is 0.331 e. The summed E-state index contributed by atoms with van der Waals surface area (Å²) in [6.07, 6.45) is 12.1. The quantitative estimate of drug-likeness (QED) is 0.104. The van der Waals surface area contributed by atoms with E-state index in [9.17, 15) is 81.5 Å². The van der Waals surface area contributed by atoms with Crippen LogP contribution < -0.4 is 126 Å². The number of rotatable bonds is 8. The van der Waals surface area contributed by atoms with Crippen molar-refractivity contribution in [2.75, 3.05) is 63.2 Å². The Labute approximate surface area is 750 Å². The topological polar surface area (TPSA) is 570 Å². The number of aromatic nitrogens is 18. The second-order valence-electron chi connectivity index (χ2n) is 35.7. The molecule has 0 unspecified atom stereocenters. The zero-order chi connectivity index (χ0) is 96.5. The fourth-order valence-corrected chi connectivity index (χ4v) is 15.8. The average molecular weight is 1830 g/mol. The highest BCUT2D eigenvalue weighted by molar-refractivity contribution is 5.48. The summed E-state index contributed by atoms with van der Waals surface area (Å²) in [5.74, 6) is 1.27. The first-order chi connectivity index (χ1) is 61.9. The summed E-state index contributed by atoms with van der Waals surface area (Å²) in [6, 6.07) is -0.952. The van der Waals surface area contributed by atoms with Gasteiger partial charge in [-0.25, -0.2) is 43.3 Å². The van der Waals surface area contributed by atoms with Crippen LogP contribution in [0.5, 0.6) is 11.6 Å². The Kier molecular flexibility index (Phi) is 35.3. The molecule has 0 aliphatic carbocycles. The molecule has 131 heavy (non-hydrogen) atoms. The van der Waals surface area contributed by atoms with E-state index in [4.69, 9.17) is 18.9 Å². The van der Waals surface area contributed by atoms with Crippen molar-refractivity contribution < 1.29 is 18.9 Å². The third kappa shape index (κ3) is 24.5. The Hall–Kier alpha value is -12.6. The Morgan fingerprint density at radius 1 is 0.321 bits per heavy atom. The van der Waals surface area contributed by atoms with Crippen LogP contribution in [-0.4, -0.2) is 139 Å². The highest BCUT2D eigenvalue weighted by Crippen LogP contribution is 2.22. The van der Waals surface area contributed by atoms with Crippen LogP contribution >= 0.6 is 0 Å². The molecule has 9 aromatic rings. The third-order valence-corrected chi connectivity index (χ3v) is 22.4. The van der Waals surface area contributed by atoms with E-state index in [2.05, 4.69) is 71.1 Å². The molecule has 43 heteroatoms. The van der Waals surface area contributed by atoms with Crippen LogP contribution in [0.25, 0.3) is 0 Å². The van der Waals surface area contributed by atoms with Crippen LogP contribution in [0.1, 0.15) is 279 Å². The smallest absolute Gasteiger partial charge is 0.331 e. The van der Waals surface area contributed by atoms with E-state index in [-0.39, 0.29) is 144 Å². The van der Waals surface area contributed by atoms with Crippen molar-refractivity contribution in [2.24, 2.45) is 0 Å². The fourth-order valence-electron chi connectivity index (χ4n) is 15.8. The van der Waals surface area contributed by atoms with Crippen molar-refractivity contribution >= 4 is 11.5 Å². The Bertz CT molecular complexity index is 5590. The monoisotopic (exact) mass is 1830 g/mol. The van der Waals surface area contributed by atoms with Crippen molar-refractivity contribution in [1.29, 1.82) is 0 Å². The van der Waals surface area contributed by atoms with Gasteiger partial charge in [0.25, 0.3) is 50.0 Å². The maximum absolute atomic E-state index is 12.0. The van der Waals surface area contributed by atoms with Crippen LogP contribution in [0, 0.1) is 0 Å². The number of nitrogens with zero attached hydrogens (tertiary/aromatic N) is 9. The molecule has 0 spiro atoms. The molecule has 9 aromatic heterocycles. The molecular weight excluding hydrogens is 1700 g/mol. The van der Waals surface area contributed by atoms with E-state index in [0.717, 1.165) is 105 Å². The largest absolute Gasteiger partial charge is 0.487 e. The molecule has 0 fully saturated rings. The third-order valence-electron chi connectivity index (χ3n) is 22.4. The summed E-state index contributed by atoms with van der Waals surface area (Å²) in [6.45, 7) is 42.3. The van der Waals surface area contributed by atoms with Crippen LogP contribution in [0.4, 0.5) is 11.5 Å². The number of hydrogen-bond donors (Lipinski definition) is 13. The fraction of sp³-hybridized carbons (Fsp3) is 0.591. The molecule has 0 amide bonds. The number of anilines is 2. The molecule has 8 aliphatic rings. The van der Waals surface area contributed by atoms with Gasteiger partial charge in [0.15, 0.2) is 0 Å². The van der Waals surface area contributed by atoms with Gasteiger partial charge in [0, 0.05) is 146 Å². The minimum absolute atomic E-state index is 0.0486. The van der Waals surface area contributed by atoms with Gasteiger partial charge in [0.05, 0.1) is 79.6 Å². The first-order valence-electron chi connectivity index (χ1n) is 44.7. The predicted molar refractivity (Wildman–Crippen MR) is 496 cm³/mol. The average Bonchev–Trinajstić information content (AvgIpc) is 0.813. The van der Waals surface area contributed by atoms with E-state index in [1.54, 1.807) is 20.0 Å². The van der Waals surface area contributed by atoms with Crippen LogP contribution in [0.15, 0.2) is 94.0 Å². The minimum Gasteiger partial charge on any atom is -0.487 e. The summed E-state index contributed by atoms with van der Waals surface area (Å²) < 4.78 is 30.9. The van der Waals surface area contributed by atoms with Crippen LogP contribution in [-0.2, 0) is 92.6 Å². The second-order valence-corrected chi connectivity index (χ2v) is 35.7. The summed E-state index contributed by atoms with van der Waals surface area (Å²) in [5, 5.41) is 12.3. The number of hydrogen-bond acceptors (Lipinski definition) is 26. The maximum atomic E-state index is 12.0. The summed E-state index contributed by atoms with van der Waals surface area (Å²) in [5.41, 5.74) is 5.19. The van der Waals surface area contributed by atoms with Crippen molar-refractivity contribution in [1.82, 2.24) is 97.0 Å². The van der Waals surface area contributed by atoms with Crippen molar-refractivity contribution in [2.45, 2.75) is 289 Å². The molecule has 0 aromatic carbocycles. The summed E-state index contributed by atoms with van der Waals surface area (Å²) in [7, 11) is 0. The Balaban J connectivity index is 0.000000166. The molecule has 43 nitrogen and oxygen atoms in total. The molecule has 17 heterocycles. The summed E-state index contributed by atoms with van der Waals surface area (Å²) >= 11 is 0. The Morgan fingerprint density at radius 2 is 0.718 bits per heavy atom. The zero-order valence-corrected chi connectivity index (χ0v) is 78.3. The molecule has 0 atom stereocenters. The standard InChI is InChI=1S/4C10H15N3O2.4C10H14N2O3.C8H12N2O/c1-6(2)13-9(14)7-5-11-4-3-8(7)12-10(13)15;1-6(2)13-9(14)7-3-4-11-5-8(7)12-10(13)15;1-6(2)13-9(14)8-7(12-10(13)15)4-3-5-11-8;1-6(2)13-9(14)7-4-3-5-11-8(7)12-10(13)15;1-6(2)12-9(13)7-5-15-4-3-8(7)11-10(12)14;1-6(2)12-9(13)7-3-4-15-5-8(7)11-10(12)14;1-6(2)12-9(13)8-7(11-10(12)14)4-3-5-15-8;1-6(2)12-9(13)7-4-3-5-15-8(7)11-10(12)14;1-8(2,3)6-4-9-5-10-7(6)11/h4*6,11H,3-5H2,1-2H3,(H,12,15);4*6H,3-5H2,1-2H3,(H,11,14);4-5H,1-3H3,(H,9,10,11). The van der Waals surface area contributed by atoms with E-state index in [1.807, 2.05) is 118 Å². The SMILES string of the molecule is CC(C)(C)c1cnc[nH]c1=O.CC(C)n1c(=O)[nH]c2c(c1=O)CCCN2.CC(C)n1c(=O)[nH]c2c(c1=O)CCCO2.CC(C)n1c(=O)[nH]c2c(c1=O)CCNC2.CC(C)n1c(=O)[nH]c2c(c1=O)CCOC2.CC(C)n1c(=O)[nH]c2c(c1=O)CNCC2.CC(C)n1c(=O)[nH]c2c(c1=O)COCC2.CC(C)n1c(=O)[nH]c2c(c1=O)NCCC2.CC(C)n1c(=O)[nH]c2c(c1=O)OCCC2. The van der Waals surface area contributed by atoms with Gasteiger partial charge < -0.3 is 75.1 Å². The van der Waals surface area contributed by atoms with Crippen molar-refractivity contribution in [3.8, 4) is 11.6 Å². The van der Waals surface area contributed by atoms with Gasteiger partial charge in [-0.05, 0) is 181 Å². The Morgan fingerprint density at radius 3 is 1.27 bits per heavy atom. The minimum atomic E-state index is -0.393. The molecule has 13 N–H and O–H groups in total. The lowest BCUT2D eigenvalue weighted by Crippen LogP contribution is -2.43.